The fraction of sp³-hybridized carbons (Fsp3) is 0.600. The van der Waals surface area contributed by atoms with E-state index in [0.29, 0.717) is 18.3 Å². The van der Waals surface area contributed by atoms with Gasteiger partial charge in [-0.25, -0.2) is 0 Å². The standard InChI is InChI=1S/C10H16N4O2/c1-6-2-3-7(16-6)4-14-5-8(11)9(13-14)10(12)15/h5-7H,2-4,11H2,1H3,(H2,12,15). The number of carbonyl (C=O) groups excluding carboxylic acids is 1. The van der Waals surface area contributed by atoms with Crippen LogP contribution in [0.25, 0.3) is 0 Å². The van der Waals surface area contributed by atoms with Crippen molar-refractivity contribution < 1.29 is 9.53 Å². The minimum absolute atomic E-state index is 0.131. The van der Waals surface area contributed by atoms with Crippen LogP contribution in [0.4, 0.5) is 5.69 Å². The quantitative estimate of drug-likeness (QED) is 0.762. The van der Waals surface area contributed by atoms with Crippen LogP contribution in [0.3, 0.4) is 0 Å². The molecule has 4 N–H and O–H groups in total. The fourth-order valence-corrected chi connectivity index (χ4v) is 1.95. The molecule has 2 rings (SSSR count). The van der Waals surface area contributed by atoms with Gasteiger partial charge in [0.25, 0.3) is 5.91 Å². The van der Waals surface area contributed by atoms with Gasteiger partial charge < -0.3 is 16.2 Å². The maximum atomic E-state index is 11.0. The second-order valence-corrected chi connectivity index (χ2v) is 4.17. The smallest absolute Gasteiger partial charge is 0.271 e. The zero-order valence-corrected chi connectivity index (χ0v) is 9.22. The molecule has 0 spiro atoms. The van der Waals surface area contributed by atoms with Gasteiger partial charge in [-0.1, -0.05) is 0 Å². The monoisotopic (exact) mass is 224 g/mol. The number of nitrogen functional groups attached to an aromatic ring is 1. The van der Waals surface area contributed by atoms with Gasteiger partial charge in [0, 0.05) is 6.20 Å². The number of primary amides is 1. The number of rotatable bonds is 3. The summed E-state index contributed by atoms with van der Waals surface area (Å²) in [6.07, 6.45) is 4.13. The van der Waals surface area contributed by atoms with Crippen LogP contribution in [-0.2, 0) is 11.3 Å². The molecule has 1 amide bonds. The summed E-state index contributed by atoms with van der Waals surface area (Å²) in [5.74, 6) is -0.600. The molecule has 1 aliphatic heterocycles. The van der Waals surface area contributed by atoms with E-state index in [0.717, 1.165) is 12.8 Å². The third-order valence-corrected chi connectivity index (χ3v) is 2.73. The van der Waals surface area contributed by atoms with Gasteiger partial charge in [0.1, 0.15) is 0 Å². The van der Waals surface area contributed by atoms with Crippen molar-refractivity contribution in [3.63, 3.8) is 0 Å². The molecule has 0 saturated carbocycles. The molecule has 0 radical (unpaired) electrons. The SMILES string of the molecule is CC1CCC(Cn2cc(N)c(C(N)=O)n2)O1. The lowest BCUT2D eigenvalue weighted by Crippen LogP contribution is -2.18. The average molecular weight is 224 g/mol. The van der Waals surface area contributed by atoms with E-state index in [2.05, 4.69) is 5.10 Å². The summed E-state index contributed by atoms with van der Waals surface area (Å²) >= 11 is 0. The molecule has 1 aliphatic rings. The zero-order valence-electron chi connectivity index (χ0n) is 9.22. The van der Waals surface area contributed by atoms with Gasteiger partial charge in [-0.3, -0.25) is 9.48 Å². The first-order valence-electron chi connectivity index (χ1n) is 5.34. The lowest BCUT2D eigenvalue weighted by molar-refractivity contribution is 0.0436. The van der Waals surface area contributed by atoms with Crippen LogP contribution in [0.15, 0.2) is 6.20 Å². The summed E-state index contributed by atoms with van der Waals surface area (Å²) in [4.78, 5) is 11.0. The van der Waals surface area contributed by atoms with Crippen molar-refractivity contribution in [3.8, 4) is 0 Å². The zero-order chi connectivity index (χ0) is 11.7. The molecule has 0 bridgehead atoms. The van der Waals surface area contributed by atoms with Crippen LogP contribution in [-0.4, -0.2) is 27.9 Å². The molecule has 6 heteroatoms. The number of nitrogens with zero attached hydrogens (tertiary/aromatic N) is 2. The summed E-state index contributed by atoms with van der Waals surface area (Å²) in [5.41, 5.74) is 11.2. The predicted octanol–water partition coefficient (Wildman–Crippen LogP) is 0.132. The van der Waals surface area contributed by atoms with Crippen LogP contribution >= 0.6 is 0 Å². The highest BCUT2D eigenvalue weighted by atomic mass is 16.5. The lowest BCUT2D eigenvalue weighted by atomic mass is 10.2. The molecule has 2 unspecified atom stereocenters. The van der Waals surface area contributed by atoms with Crippen LogP contribution in [0, 0.1) is 0 Å². The van der Waals surface area contributed by atoms with Crippen molar-refractivity contribution in [2.75, 3.05) is 5.73 Å². The molecular formula is C10H16N4O2. The van der Waals surface area contributed by atoms with Crippen LogP contribution in [0.2, 0.25) is 0 Å². The Morgan fingerprint density at radius 1 is 1.69 bits per heavy atom. The van der Waals surface area contributed by atoms with Crippen molar-refractivity contribution in [2.24, 2.45) is 5.73 Å². The van der Waals surface area contributed by atoms with E-state index in [1.165, 1.54) is 0 Å². The molecule has 16 heavy (non-hydrogen) atoms. The Kier molecular flexibility index (Phi) is 2.82. The Hall–Kier alpha value is -1.56. The first-order valence-corrected chi connectivity index (χ1v) is 5.34. The largest absolute Gasteiger partial charge is 0.396 e. The average Bonchev–Trinajstić information content (AvgIpc) is 2.73. The summed E-state index contributed by atoms with van der Waals surface area (Å²) in [7, 11) is 0. The van der Waals surface area contributed by atoms with E-state index in [9.17, 15) is 4.79 Å². The molecule has 1 aromatic heterocycles. The molecule has 1 fully saturated rings. The maximum Gasteiger partial charge on any atom is 0.271 e. The highest BCUT2D eigenvalue weighted by molar-refractivity contribution is 5.95. The normalized spacial score (nSPS) is 24.8. The predicted molar refractivity (Wildman–Crippen MR) is 58.7 cm³/mol. The number of amides is 1. The van der Waals surface area contributed by atoms with E-state index in [1.54, 1.807) is 10.9 Å². The van der Waals surface area contributed by atoms with Gasteiger partial charge in [-0.2, -0.15) is 5.10 Å². The highest BCUT2D eigenvalue weighted by Gasteiger charge is 2.23. The third kappa shape index (κ3) is 2.16. The van der Waals surface area contributed by atoms with Gasteiger partial charge in [0.15, 0.2) is 5.69 Å². The topological polar surface area (TPSA) is 96.2 Å². The Balaban J connectivity index is 2.05. The number of hydrogen-bond acceptors (Lipinski definition) is 4. The number of aromatic nitrogens is 2. The number of ether oxygens (including phenoxy) is 1. The number of anilines is 1. The van der Waals surface area contributed by atoms with E-state index in [1.807, 2.05) is 6.92 Å². The first kappa shape index (κ1) is 10.9. The van der Waals surface area contributed by atoms with Crippen molar-refractivity contribution in [3.05, 3.63) is 11.9 Å². The summed E-state index contributed by atoms with van der Waals surface area (Å²) < 4.78 is 7.28. The van der Waals surface area contributed by atoms with Crippen molar-refractivity contribution in [2.45, 2.75) is 38.5 Å². The van der Waals surface area contributed by atoms with E-state index in [4.69, 9.17) is 16.2 Å². The summed E-state index contributed by atoms with van der Waals surface area (Å²) in [5, 5.41) is 4.03. The summed E-state index contributed by atoms with van der Waals surface area (Å²) in [6.45, 7) is 2.66. The molecule has 2 heterocycles. The van der Waals surface area contributed by atoms with Crippen LogP contribution in [0.5, 0.6) is 0 Å². The maximum absolute atomic E-state index is 11.0. The third-order valence-electron chi connectivity index (χ3n) is 2.73. The molecule has 1 saturated heterocycles. The highest BCUT2D eigenvalue weighted by Crippen LogP contribution is 2.20. The Morgan fingerprint density at radius 3 is 2.94 bits per heavy atom. The molecule has 2 atom stereocenters. The Morgan fingerprint density at radius 2 is 2.44 bits per heavy atom. The molecule has 0 aromatic carbocycles. The second kappa shape index (κ2) is 4.13. The van der Waals surface area contributed by atoms with Crippen molar-refractivity contribution in [1.29, 1.82) is 0 Å². The van der Waals surface area contributed by atoms with E-state index >= 15 is 0 Å². The molecular weight excluding hydrogens is 208 g/mol. The van der Waals surface area contributed by atoms with Crippen LogP contribution < -0.4 is 11.5 Å². The van der Waals surface area contributed by atoms with Gasteiger partial charge in [-0.15, -0.1) is 0 Å². The first-order chi connectivity index (χ1) is 7.56. The molecule has 1 aromatic rings. The number of carbonyl (C=O) groups is 1. The number of nitrogens with two attached hydrogens (primary N) is 2. The van der Waals surface area contributed by atoms with Crippen molar-refractivity contribution in [1.82, 2.24) is 9.78 Å². The number of hydrogen-bond donors (Lipinski definition) is 2. The Bertz CT molecular complexity index is 402. The van der Waals surface area contributed by atoms with Gasteiger partial charge in [-0.05, 0) is 19.8 Å². The lowest BCUT2D eigenvalue weighted by Gasteiger charge is -2.10. The molecule has 88 valence electrons. The fourth-order valence-electron chi connectivity index (χ4n) is 1.95. The van der Waals surface area contributed by atoms with Gasteiger partial charge in [0.05, 0.1) is 24.4 Å². The Labute approximate surface area is 93.5 Å². The molecule has 0 aliphatic carbocycles. The summed E-state index contributed by atoms with van der Waals surface area (Å²) in [6, 6.07) is 0. The van der Waals surface area contributed by atoms with E-state index in [-0.39, 0.29) is 11.8 Å². The second-order valence-electron chi connectivity index (χ2n) is 4.17. The minimum atomic E-state index is -0.600. The van der Waals surface area contributed by atoms with Crippen LogP contribution in [0.1, 0.15) is 30.3 Å². The molecule has 6 nitrogen and oxygen atoms in total. The van der Waals surface area contributed by atoms with Gasteiger partial charge in [0.2, 0.25) is 0 Å². The minimum Gasteiger partial charge on any atom is -0.396 e. The van der Waals surface area contributed by atoms with Gasteiger partial charge >= 0.3 is 0 Å². The van der Waals surface area contributed by atoms with E-state index < -0.39 is 5.91 Å². The van der Waals surface area contributed by atoms with Crippen molar-refractivity contribution >= 4 is 11.6 Å².